The molecule has 2 amide bonds. The minimum Gasteiger partial charge on any atom is -0.354 e. The number of rotatable bonds is 2. The molecule has 1 atom stereocenters. The lowest BCUT2D eigenvalue weighted by Crippen LogP contribution is -2.36. The van der Waals surface area contributed by atoms with E-state index in [9.17, 15) is 9.59 Å². The molecule has 0 radical (unpaired) electrons. The van der Waals surface area contributed by atoms with Gasteiger partial charge in [-0.15, -0.1) is 11.6 Å². The first-order valence-electron chi connectivity index (χ1n) is 3.34. The van der Waals surface area contributed by atoms with E-state index in [1.165, 1.54) is 0 Å². The zero-order valence-corrected chi connectivity index (χ0v) is 6.65. The second-order valence-corrected chi connectivity index (χ2v) is 2.67. The molecule has 0 spiro atoms. The summed E-state index contributed by atoms with van der Waals surface area (Å²) >= 11 is 5.25. The molecule has 0 aromatic heterocycles. The van der Waals surface area contributed by atoms with E-state index in [0.717, 1.165) is 0 Å². The summed E-state index contributed by atoms with van der Waals surface area (Å²) in [5.41, 5.74) is 0. The molecule has 1 aliphatic heterocycles. The molecule has 1 unspecified atom stereocenters. The molecule has 1 saturated heterocycles. The van der Waals surface area contributed by atoms with Crippen molar-refractivity contribution in [2.45, 2.75) is 12.5 Å². The summed E-state index contributed by atoms with van der Waals surface area (Å²) in [7, 11) is 0. The maximum absolute atomic E-state index is 10.7. The summed E-state index contributed by atoms with van der Waals surface area (Å²) in [6.07, 6.45) is 0.364. The Morgan fingerprint density at radius 1 is 1.82 bits per heavy atom. The average Bonchev–Trinajstić information content (AvgIpc) is 2.35. The molecular weight excluding hydrogens is 168 g/mol. The normalized spacial score (nSPS) is 23.0. The quantitative estimate of drug-likeness (QED) is 0.543. The van der Waals surface area contributed by atoms with Crippen molar-refractivity contribution in [2.24, 2.45) is 0 Å². The number of nitrogens with one attached hydrogen (secondary N) is 2. The van der Waals surface area contributed by atoms with Crippen LogP contribution in [0.2, 0.25) is 0 Å². The molecule has 1 fully saturated rings. The molecule has 0 saturated carbocycles. The van der Waals surface area contributed by atoms with Crippen LogP contribution in [-0.2, 0) is 9.59 Å². The molecule has 0 aromatic carbocycles. The Morgan fingerprint density at radius 2 is 2.55 bits per heavy atom. The number of halogens is 1. The van der Waals surface area contributed by atoms with Crippen LogP contribution >= 0.6 is 11.6 Å². The van der Waals surface area contributed by atoms with Gasteiger partial charge in [-0.1, -0.05) is 0 Å². The molecule has 1 aliphatic rings. The van der Waals surface area contributed by atoms with E-state index in [0.29, 0.717) is 13.0 Å². The fourth-order valence-corrected chi connectivity index (χ4v) is 1.05. The summed E-state index contributed by atoms with van der Waals surface area (Å²) in [6, 6.07) is -0.0752. The number of hydrogen-bond acceptors (Lipinski definition) is 2. The van der Waals surface area contributed by atoms with Gasteiger partial charge in [0.2, 0.25) is 11.8 Å². The summed E-state index contributed by atoms with van der Waals surface area (Å²) < 4.78 is 0. The molecule has 0 bridgehead atoms. The van der Waals surface area contributed by atoms with Crippen LogP contribution in [0.1, 0.15) is 6.42 Å². The predicted molar refractivity (Wildman–Crippen MR) is 40.3 cm³/mol. The van der Waals surface area contributed by atoms with Crippen molar-refractivity contribution in [3.8, 4) is 0 Å². The van der Waals surface area contributed by atoms with Crippen molar-refractivity contribution in [3.63, 3.8) is 0 Å². The average molecular weight is 177 g/mol. The standard InChI is InChI=1S/C6H9ClN2O2/c7-2-6(11)9-4-1-5(10)8-3-4/h4H,1-3H2,(H,8,10)(H,9,11). The topological polar surface area (TPSA) is 58.2 Å². The third kappa shape index (κ3) is 2.38. The molecule has 11 heavy (non-hydrogen) atoms. The molecule has 1 heterocycles. The van der Waals surface area contributed by atoms with E-state index in [1.807, 2.05) is 0 Å². The minimum absolute atomic E-state index is 0.0233. The first-order chi connectivity index (χ1) is 5.22. The number of amides is 2. The smallest absolute Gasteiger partial charge is 0.235 e. The molecule has 5 heteroatoms. The van der Waals surface area contributed by atoms with Crippen LogP contribution in [0.15, 0.2) is 0 Å². The first-order valence-corrected chi connectivity index (χ1v) is 3.88. The van der Waals surface area contributed by atoms with Crippen LogP contribution in [0, 0.1) is 0 Å². The monoisotopic (exact) mass is 176 g/mol. The van der Waals surface area contributed by atoms with Crippen molar-refractivity contribution in [2.75, 3.05) is 12.4 Å². The summed E-state index contributed by atoms with van der Waals surface area (Å²) in [4.78, 5) is 21.3. The van der Waals surface area contributed by atoms with E-state index in [2.05, 4.69) is 10.6 Å². The Bertz CT molecular complexity index is 183. The van der Waals surface area contributed by atoms with Gasteiger partial charge in [-0.25, -0.2) is 0 Å². The van der Waals surface area contributed by atoms with Crippen molar-refractivity contribution in [1.29, 1.82) is 0 Å². The van der Waals surface area contributed by atoms with E-state index < -0.39 is 0 Å². The van der Waals surface area contributed by atoms with Crippen LogP contribution in [0.25, 0.3) is 0 Å². The summed E-state index contributed by atoms with van der Waals surface area (Å²) in [5.74, 6) is -0.303. The Labute approximate surface area is 69.3 Å². The Morgan fingerprint density at radius 3 is 3.00 bits per heavy atom. The Balaban J connectivity index is 2.28. The number of alkyl halides is 1. The Hall–Kier alpha value is -0.770. The van der Waals surface area contributed by atoms with Gasteiger partial charge in [-0.05, 0) is 0 Å². The lowest BCUT2D eigenvalue weighted by Gasteiger charge is -2.07. The van der Waals surface area contributed by atoms with E-state index >= 15 is 0 Å². The van der Waals surface area contributed by atoms with Crippen molar-refractivity contribution >= 4 is 23.4 Å². The molecular formula is C6H9ClN2O2. The van der Waals surface area contributed by atoms with E-state index in [4.69, 9.17) is 11.6 Å². The highest BCUT2D eigenvalue weighted by Gasteiger charge is 2.22. The van der Waals surface area contributed by atoms with E-state index in [-0.39, 0.29) is 23.7 Å². The largest absolute Gasteiger partial charge is 0.354 e. The van der Waals surface area contributed by atoms with Gasteiger partial charge in [0, 0.05) is 13.0 Å². The lowest BCUT2D eigenvalue weighted by molar-refractivity contribution is -0.119. The molecule has 1 rings (SSSR count). The maximum Gasteiger partial charge on any atom is 0.235 e. The SMILES string of the molecule is O=C1CC(NC(=O)CCl)CN1. The van der Waals surface area contributed by atoms with Gasteiger partial charge in [-0.2, -0.15) is 0 Å². The van der Waals surface area contributed by atoms with Gasteiger partial charge in [0.1, 0.15) is 5.88 Å². The molecule has 2 N–H and O–H groups in total. The van der Waals surface area contributed by atoms with Crippen LogP contribution in [0.3, 0.4) is 0 Å². The van der Waals surface area contributed by atoms with Gasteiger partial charge >= 0.3 is 0 Å². The van der Waals surface area contributed by atoms with Crippen molar-refractivity contribution < 1.29 is 9.59 Å². The second kappa shape index (κ2) is 3.57. The van der Waals surface area contributed by atoms with Crippen LogP contribution in [-0.4, -0.2) is 30.3 Å². The van der Waals surface area contributed by atoms with Gasteiger partial charge in [0.15, 0.2) is 0 Å². The van der Waals surface area contributed by atoms with Gasteiger partial charge in [-0.3, -0.25) is 9.59 Å². The van der Waals surface area contributed by atoms with Gasteiger partial charge < -0.3 is 10.6 Å². The molecule has 4 nitrogen and oxygen atoms in total. The third-order valence-corrected chi connectivity index (χ3v) is 1.71. The highest BCUT2D eigenvalue weighted by Crippen LogP contribution is 1.98. The van der Waals surface area contributed by atoms with Gasteiger partial charge in [0.25, 0.3) is 0 Å². The molecule has 0 aromatic rings. The fraction of sp³-hybridized carbons (Fsp3) is 0.667. The number of carbonyl (C=O) groups excluding carboxylic acids is 2. The van der Waals surface area contributed by atoms with Crippen molar-refractivity contribution in [1.82, 2.24) is 10.6 Å². The highest BCUT2D eigenvalue weighted by atomic mass is 35.5. The molecule has 62 valence electrons. The summed E-state index contributed by atoms with van der Waals surface area (Å²) in [6.45, 7) is 0.515. The fourth-order valence-electron chi connectivity index (χ4n) is 0.973. The summed E-state index contributed by atoms with van der Waals surface area (Å²) in [5, 5.41) is 5.21. The first kappa shape index (κ1) is 8.33. The third-order valence-electron chi connectivity index (χ3n) is 1.46. The zero-order chi connectivity index (χ0) is 8.27. The minimum atomic E-state index is -0.229. The predicted octanol–water partition coefficient (Wildman–Crippen LogP) is -0.770. The highest BCUT2D eigenvalue weighted by molar-refractivity contribution is 6.27. The Kier molecular flexibility index (Phi) is 2.70. The number of hydrogen-bond donors (Lipinski definition) is 2. The lowest BCUT2D eigenvalue weighted by atomic mass is 10.2. The van der Waals surface area contributed by atoms with Crippen LogP contribution in [0.5, 0.6) is 0 Å². The maximum atomic E-state index is 10.7. The number of carbonyl (C=O) groups is 2. The van der Waals surface area contributed by atoms with Crippen LogP contribution in [0.4, 0.5) is 0 Å². The van der Waals surface area contributed by atoms with Crippen molar-refractivity contribution in [3.05, 3.63) is 0 Å². The molecule has 0 aliphatic carbocycles. The zero-order valence-electron chi connectivity index (χ0n) is 5.89. The van der Waals surface area contributed by atoms with Crippen LogP contribution < -0.4 is 10.6 Å². The second-order valence-electron chi connectivity index (χ2n) is 2.41. The van der Waals surface area contributed by atoms with E-state index in [1.54, 1.807) is 0 Å². The van der Waals surface area contributed by atoms with Gasteiger partial charge in [0.05, 0.1) is 6.04 Å².